The van der Waals surface area contributed by atoms with E-state index in [1.165, 1.54) is 4.88 Å². The first-order valence-electron chi connectivity index (χ1n) is 7.72. The Bertz CT molecular complexity index is 430. The SMILES string of the molecule is CCCOC1CCCN(C(=O)c2csc(CCC)c2)C1. The van der Waals surface area contributed by atoms with Gasteiger partial charge in [-0.15, -0.1) is 11.3 Å². The highest BCUT2D eigenvalue weighted by Crippen LogP contribution is 2.21. The molecule has 20 heavy (non-hydrogen) atoms. The van der Waals surface area contributed by atoms with Gasteiger partial charge in [-0.25, -0.2) is 0 Å². The molecule has 1 aliphatic heterocycles. The number of ether oxygens (including phenoxy) is 1. The molecule has 112 valence electrons. The maximum Gasteiger partial charge on any atom is 0.254 e. The largest absolute Gasteiger partial charge is 0.376 e. The summed E-state index contributed by atoms with van der Waals surface area (Å²) in [4.78, 5) is 15.8. The van der Waals surface area contributed by atoms with Crippen molar-refractivity contribution in [2.24, 2.45) is 0 Å². The number of nitrogens with zero attached hydrogens (tertiary/aromatic N) is 1. The first kappa shape index (κ1) is 15.5. The van der Waals surface area contributed by atoms with E-state index in [4.69, 9.17) is 4.74 Å². The molecule has 0 radical (unpaired) electrons. The molecule has 0 bridgehead atoms. The minimum atomic E-state index is 0.174. The van der Waals surface area contributed by atoms with E-state index in [1.54, 1.807) is 11.3 Å². The molecule has 1 aliphatic rings. The van der Waals surface area contributed by atoms with Gasteiger partial charge >= 0.3 is 0 Å². The number of carbonyl (C=O) groups excluding carboxylic acids is 1. The van der Waals surface area contributed by atoms with Crippen LogP contribution in [0.2, 0.25) is 0 Å². The number of hydrogen-bond donors (Lipinski definition) is 0. The lowest BCUT2D eigenvalue weighted by atomic mass is 10.1. The molecule has 0 aliphatic carbocycles. The predicted molar refractivity (Wildman–Crippen MR) is 83.5 cm³/mol. The van der Waals surface area contributed by atoms with Crippen LogP contribution < -0.4 is 0 Å². The van der Waals surface area contributed by atoms with Gasteiger partial charge in [-0.3, -0.25) is 4.79 Å². The molecule has 1 saturated heterocycles. The van der Waals surface area contributed by atoms with Gasteiger partial charge in [-0.1, -0.05) is 20.3 Å². The van der Waals surface area contributed by atoms with Gasteiger partial charge in [0.05, 0.1) is 11.7 Å². The Kier molecular flexibility index (Phi) is 6.05. The molecule has 1 unspecified atom stereocenters. The Hall–Kier alpha value is -0.870. The lowest BCUT2D eigenvalue weighted by Crippen LogP contribution is -2.43. The van der Waals surface area contributed by atoms with E-state index in [-0.39, 0.29) is 12.0 Å². The third-order valence-electron chi connectivity index (χ3n) is 3.62. The summed E-state index contributed by atoms with van der Waals surface area (Å²) >= 11 is 1.70. The second-order valence-electron chi connectivity index (χ2n) is 5.44. The van der Waals surface area contributed by atoms with Gasteiger partial charge in [-0.05, 0) is 31.7 Å². The Morgan fingerprint density at radius 1 is 1.45 bits per heavy atom. The molecule has 0 N–H and O–H groups in total. The second kappa shape index (κ2) is 7.79. The second-order valence-corrected chi connectivity index (χ2v) is 6.43. The van der Waals surface area contributed by atoms with E-state index < -0.39 is 0 Å². The maximum atomic E-state index is 12.5. The fraction of sp³-hybridized carbons (Fsp3) is 0.688. The van der Waals surface area contributed by atoms with Crippen molar-refractivity contribution < 1.29 is 9.53 Å². The molecule has 3 nitrogen and oxygen atoms in total. The highest BCUT2D eigenvalue weighted by Gasteiger charge is 2.25. The first-order valence-corrected chi connectivity index (χ1v) is 8.60. The molecule has 0 saturated carbocycles. The van der Waals surface area contributed by atoms with E-state index in [1.807, 2.05) is 10.3 Å². The van der Waals surface area contributed by atoms with Gasteiger partial charge in [0.1, 0.15) is 0 Å². The van der Waals surface area contributed by atoms with Gasteiger partial charge in [0.2, 0.25) is 0 Å². The van der Waals surface area contributed by atoms with E-state index >= 15 is 0 Å². The molecule has 2 rings (SSSR count). The zero-order valence-corrected chi connectivity index (χ0v) is 13.4. The zero-order valence-electron chi connectivity index (χ0n) is 12.6. The summed E-state index contributed by atoms with van der Waals surface area (Å²) in [7, 11) is 0. The predicted octanol–water partition coefficient (Wildman–Crippen LogP) is 3.73. The number of piperidine rings is 1. The Morgan fingerprint density at radius 3 is 3.05 bits per heavy atom. The van der Waals surface area contributed by atoms with Gasteiger partial charge in [-0.2, -0.15) is 0 Å². The fourth-order valence-electron chi connectivity index (χ4n) is 2.60. The van der Waals surface area contributed by atoms with Crippen LogP contribution in [0.1, 0.15) is 54.8 Å². The lowest BCUT2D eigenvalue weighted by Gasteiger charge is -2.32. The summed E-state index contributed by atoms with van der Waals surface area (Å²) in [6.45, 7) is 6.70. The zero-order chi connectivity index (χ0) is 14.4. The van der Waals surface area contributed by atoms with E-state index in [2.05, 4.69) is 19.9 Å². The van der Waals surface area contributed by atoms with Crippen molar-refractivity contribution >= 4 is 17.2 Å². The minimum absolute atomic E-state index is 0.174. The van der Waals surface area contributed by atoms with Gasteiger partial charge < -0.3 is 9.64 Å². The summed E-state index contributed by atoms with van der Waals surface area (Å²) in [5.41, 5.74) is 0.856. The smallest absolute Gasteiger partial charge is 0.254 e. The first-order chi connectivity index (χ1) is 9.74. The molecule has 0 spiro atoms. The Labute approximate surface area is 125 Å². The van der Waals surface area contributed by atoms with Crippen LogP contribution in [0.25, 0.3) is 0 Å². The molecular formula is C16H25NO2S. The topological polar surface area (TPSA) is 29.5 Å². The van der Waals surface area contributed by atoms with Gasteiger partial charge in [0.25, 0.3) is 5.91 Å². The van der Waals surface area contributed by atoms with Crippen LogP contribution in [-0.4, -0.2) is 36.6 Å². The summed E-state index contributed by atoms with van der Waals surface area (Å²) < 4.78 is 5.80. The average molecular weight is 295 g/mol. The Morgan fingerprint density at radius 2 is 2.30 bits per heavy atom. The Balaban J connectivity index is 1.93. The molecule has 2 heterocycles. The van der Waals surface area contributed by atoms with Crippen LogP contribution in [0, 0.1) is 0 Å². The average Bonchev–Trinajstić information content (AvgIpc) is 2.93. The quantitative estimate of drug-likeness (QED) is 0.800. The van der Waals surface area contributed by atoms with Gasteiger partial charge in [0, 0.05) is 30.0 Å². The monoisotopic (exact) mass is 295 g/mol. The molecular weight excluding hydrogens is 270 g/mol. The standard InChI is InChI=1S/C16H25NO2S/c1-3-6-15-10-13(12-20-15)16(18)17-8-5-7-14(11-17)19-9-4-2/h10,12,14H,3-9,11H2,1-2H3. The van der Waals surface area contributed by atoms with Crippen molar-refractivity contribution in [3.05, 3.63) is 21.9 Å². The van der Waals surface area contributed by atoms with Crippen molar-refractivity contribution in [1.82, 2.24) is 4.90 Å². The molecule has 1 atom stereocenters. The summed E-state index contributed by atoms with van der Waals surface area (Å²) in [6, 6.07) is 2.06. The van der Waals surface area contributed by atoms with Crippen LogP contribution in [0.5, 0.6) is 0 Å². The molecule has 0 aromatic carbocycles. The minimum Gasteiger partial charge on any atom is -0.376 e. The van der Waals surface area contributed by atoms with Crippen molar-refractivity contribution in [1.29, 1.82) is 0 Å². The van der Waals surface area contributed by atoms with Crippen LogP contribution in [0.15, 0.2) is 11.4 Å². The molecule has 1 amide bonds. The summed E-state index contributed by atoms with van der Waals surface area (Å²) in [5, 5.41) is 2.00. The fourth-order valence-corrected chi connectivity index (χ4v) is 3.56. The van der Waals surface area contributed by atoms with Crippen molar-refractivity contribution in [2.75, 3.05) is 19.7 Å². The van der Waals surface area contributed by atoms with Crippen LogP contribution in [0.4, 0.5) is 0 Å². The summed E-state index contributed by atoms with van der Waals surface area (Å²) in [6.07, 6.45) is 5.59. The number of carbonyl (C=O) groups is 1. The van der Waals surface area contributed by atoms with Gasteiger partial charge in [0.15, 0.2) is 0 Å². The third kappa shape index (κ3) is 4.06. The normalized spacial score (nSPS) is 19.3. The van der Waals surface area contributed by atoms with Crippen molar-refractivity contribution in [3.8, 4) is 0 Å². The van der Waals surface area contributed by atoms with Crippen LogP contribution in [0.3, 0.4) is 0 Å². The number of likely N-dealkylation sites (tertiary alicyclic amines) is 1. The molecule has 1 fully saturated rings. The number of amides is 1. The van der Waals surface area contributed by atoms with Crippen LogP contribution >= 0.6 is 11.3 Å². The number of thiophene rings is 1. The molecule has 1 aromatic rings. The third-order valence-corrected chi connectivity index (χ3v) is 4.62. The van der Waals surface area contributed by atoms with Crippen LogP contribution in [-0.2, 0) is 11.2 Å². The number of rotatable bonds is 6. The highest BCUT2D eigenvalue weighted by molar-refractivity contribution is 7.10. The maximum absolute atomic E-state index is 12.5. The number of hydrogen-bond acceptors (Lipinski definition) is 3. The van der Waals surface area contributed by atoms with E-state index in [0.717, 1.165) is 57.4 Å². The number of aryl methyl sites for hydroxylation is 1. The van der Waals surface area contributed by atoms with Crippen molar-refractivity contribution in [2.45, 2.75) is 52.1 Å². The molecule has 1 aromatic heterocycles. The summed E-state index contributed by atoms with van der Waals surface area (Å²) in [5.74, 6) is 0.174. The van der Waals surface area contributed by atoms with Crippen molar-refractivity contribution in [3.63, 3.8) is 0 Å². The van der Waals surface area contributed by atoms with E-state index in [0.29, 0.717) is 0 Å². The molecule has 4 heteroatoms. The van der Waals surface area contributed by atoms with E-state index in [9.17, 15) is 4.79 Å². The lowest BCUT2D eigenvalue weighted by molar-refractivity contribution is 0.00213. The highest BCUT2D eigenvalue weighted by atomic mass is 32.1.